The van der Waals surface area contributed by atoms with Gasteiger partial charge in [-0.2, -0.15) is 0 Å². The van der Waals surface area contributed by atoms with Gasteiger partial charge < -0.3 is 28.7 Å². The molecule has 0 unspecified atom stereocenters. The van der Waals surface area contributed by atoms with Crippen molar-refractivity contribution in [2.75, 3.05) is 51.4 Å². The molecule has 0 spiro atoms. The highest BCUT2D eigenvalue weighted by atomic mass is 19.1. The van der Waals surface area contributed by atoms with E-state index in [4.69, 9.17) is 18.9 Å². The van der Waals surface area contributed by atoms with E-state index in [9.17, 15) is 9.18 Å². The first kappa shape index (κ1) is 22.4. The third-order valence-electron chi connectivity index (χ3n) is 5.96. The first-order chi connectivity index (χ1) is 15.4. The lowest BCUT2D eigenvalue weighted by molar-refractivity contribution is -0.166. The van der Waals surface area contributed by atoms with Crippen molar-refractivity contribution in [2.45, 2.75) is 25.7 Å². The van der Waals surface area contributed by atoms with Crippen LogP contribution in [0.5, 0.6) is 11.5 Å². The zero-order valence-corrected chi connectivity index (χ0v) is 18.7. The molecule has 0 saturated carbocycles. The summed E-state index contributed by atoms with van der Waals surface area (Å²) in [5, 5.41) is 0. The van der Waals surface area contributed by atoms with Crippen LogP contribution in [-0.2, 0) is 20.1 Å². The van der Waals surface area contributed by atoms with Gasteiger partial charge in [-0.3, -0.25) is 4.79 Å². The van der Waals surface area contributed by atoms with E-state index in [-0.39, 0.29) is 12.0 Å². The number of anilines is 1. The number of hydrogen-bond acceptors (Lipinski definition) is 6. The lowest BCUT2D eigenvalue weighted by atomic mass is 10.1. The molecule has 0 aliphatic carbocycles. The van der Waals surface area contributed by atoms with E-state index in [2.05, 4.69) is 4.90 Å². The summed E-state index contributed by atoms with van der Waals surface area (Å²) in [4.78, 5) is 15.6. The Morgan fingerprint density at radius 3 is 2.44 bits per heavy atom. The van der Waals surface area contributed by atoms with Crippen LogP contribution in [0.1, 0.15) is 19.4 Å². The molecule has 4 rings (SSSR count). The number of halogens is 1. The number of benzene rings is 2. The third-order valence-corrected chi connectivity index (χ3v) is 5.96. The van der Waals surface area contributed by atoms with Crippen LogP contribution in [0.25, 0.3) is 0 Å². The number of nitrogens with zero attached hydrogens (tertiary/aromatic N) is 2. The topological polar surface area (TPSA) is 60.5 Å². The van der Waals surface area contributed by atoms with E-state index in [1.165, 1.54) is 13.2 Å². The van der Waals surface area contributed by atoms with E-state index in [1.807, 2.05) is 29.2 Å². The average molecular weight is 445 g/mol. The molecular weight excluding hydrogens is 415 g/mol. The monoisotopic (exact) mass is 444 g/mol. The number of carbonyl (C=O) groups is 1. The second kappa shape index (κ2) is 9.34. The number of ether oxygens (including phenoxy) is 4. The molecule has 0 radical (unpaired) electrons. The van der Waals surface area contributed by atoms with Crippen molar-refractivity contribution in [3.05, 3.63) is 53.8 Å². The molecule has 0 N–H and O–H groups in total. The summed E-state index contributed by atoms with van der Waals surface area (Å²) >= 11 is 0. The van der Waals surface area contributed by atoms with Gasteiger partial charge in [-0.25, -0.2) is 4.39 Å². The van der Waals surface area contributed by atoms with Crippen LogP contribution in [0.15, 0.2) is 42.5 Å². The van der Waals surface area contributed by atoms with Gasteiger partial charge >= 0.3 is 0 Å². The fourth-order valence-corrected chi connectivity index (χ4v) is 4.07. The number of carbonyl (C=O) groups excluding carboxylic acids is 1. The van der Waals surface area contributed by atoms with Crippen LogP contribution >= 0.6 is 0 Å². The number of piperazine rings is 1. The van der Waals surface area contributed by atoms with Crippen molar-refractivity contribution in [2.24, 2.45) is 0 Å². The highest BCUT2D eigenvalue weighted by molar-refractivity contribution is 5.73. The van der Waals surface area contributed by atoms with Gasteiger partial charge in [-0.1, -0.05) is 0 Å². The fraction of sp³-hybridized carbons (Fsp3) is 0.458. The molecule has 2 heterocycles. The van der Waals surface area contributed by atoms with Gasteiger partial charge in [-0.15, -0.1) is 0 Å². The molecule has 2 saturated heterocycles. The minimum Gasteiger partial charge on any atom is -0.497 e. The molecule has 2 atom stereocenters. The first-order valence-electron chi connectivity index (χ1n) is 10.8. The largest absolute Gasteiger partial charge is 0.497 e. The Labute approximate surface area is 187 Å². The summed E-state index contributed by atoms with van der Waals surface area (Å²) in [7, 11) is 1.49. The van der Waals surface area contributed by atoms with Crippen molar-refractivity contribution >= 4 is 11.6 Å². The summed E-state index contributed by atoms with van der Waals surface area (Å²) in [6.07, 6.45) is -0.319. The van der Waals surface area contributed by atoms with E-state index in [0.29, 0.717) is 24.5 Å². The second-order valence-corrected chi connectivity index (χ2v) is 8.14. The minimum atomic E-state index is -1.17. The van der Waals surface area contributed by atoms with Crippen molar-refractivity contribution in [1.29, 1.82) is 0 Å². The predicted octanol–water partition coefficient (Wildman–Crippen LogP) is 3.17. The van der Waals surface area contributed by atoms with Gasteiger partial charge in [0.1, 0.15) is 30.0 Å². The van der Waals surface area contributed by atoms with Crippen LogP contribution in [0.4, 0.5) is 10.1 Å². The zero-order chi connectivity index (χ0) is 22.7. The molecule has 1 amide bonds. The van der Waals surface area contributed by atoms with E-state index < -0.39 is 11.6 Å². The summed E-state index contributed by atoms with van der Waals surface area (Å²) in [6, 6.07) is 12.5. The maximum atomic E-state index is 14.5. The summed E-state index contributed by atoms with van der Waals surface area (Å²) in [5.74, 6) is -0.317. The molecule has 172 valence electrons. The quantitative estimate of drug-likeness (QED) is 0.682. The SMILES string of the molecule is COc1ccc([C@]2(C)OC[C@H](COc3ccc(N4CCN(C(C)=O)CC4)cc3)O2)c(F)c1. The van der Waals surface area contributed by atoms with E-state index >= 15 is 0 Å². The van der Waals surface area contributed by atoms with Crippen LogP contribution < -0.4 is 14.4 Å². The molecule has 32 heavy (non-hydrogen) atoms. The molecule has 2 aromatic rings. The van der Waals surface area contributed by atoms with Gasteiger partial charge in [0.2, 0.25) is 5.91 Å². The summed E-state index contributed by atoms with van der Waals surface area (Å²) < 4.78 is 37.2. The lowest BCUT2D eigenvalue weighted by Gasteiger charge is -2.35. The van der Waals surface area contributed by atoms with Gasteiger partial charge in [0, 0.05) is 50.4 Å². The van der Waals surface area contributed by atoms with Gasteiger partial charge in [-0.05, 0) is 43.3 Å². The lowest BCUT2D eigenvalue weighted by Crippen LogP contribution is -2.48. The number of methoxy groups -OCH3 is 1. The molecule has 2 fully saturated rings. The molecular formula is C24H29FN2O5. The molecule has 0 aromatic heterocycles. The maximum absolute atomic E-state index is 14.5. The number of hydrogen-bond donors (Lipinski definition) is 0. The Kier molecular flexibility index (Phi) is 6.53. The Hall–Kier alpha value is -2.84. The molecule has 8 heteroatoms. The third kappa shape index (κ3) is 4.81. The molecule has 2 aliphatic rings. The van der Waals surface area contributed by atoms with E-state index in [0.717, 1.165) is 37.6 Å². The standard InChI is InChI=1S/C24H29FN2O5/c1-17(28)26-10-12-27(13-11-26)18-4-6-19(7-5-18)30-15-21-16-31-24(2,32-21)22-9-8-20(29-3)14-23(22)25/h4-9,14,21H,10-13,15-16H2,1-3H3/t21-,24+/m0/s1. The van der Waals surface area contributed by atoms with Crippen molar-refractivity contribution in [3.63, 3.8) is 0 Å². The Bertz CT molecular complexity index is 946. The Morgan fingerprint density at radius 2 is 1.81 bits per heavy atom. The van der Waals surface area contributed by atoms with Gasteiger partial charge in [0.05, 0.1) is 13.7 Å². The molecule has 0 bridgehead atoms. The van der Waals surface area contributed by atoms with E-state index in [1.54, 1.807) is 26.0 Å². The minimum absolute atomic E-state index is 0.123. The van der Waals surface area contributed by atoms with Crippen LogP contribution in [-0.4, -0.2) is 63.4 Å². The summed E-state index contributed by atoms with van der Waals surface area (Å²) in [6.45, 7) is 7.02. The van der Waals surface area contributed by atoms with Crippen LogP contribution in [0.2, 0.25) is 0 Å². The fourth-order valence-electron chi connectivity index (χ4n) is 4.07. The second-order valence-electron chi connectivity index (χ2n) is 8.14. The van der Waals surface area contributed by atoms with Crippen LogP contribution in [0.3, 0.4) is 0 Å². The highest BCUT2D eigenvalue weighted by Gasteiger charge is 2.41. The smallest absolute Gasteiger partial charge is 0.219 e. The number of rotatable bonds is 6. The molecule has 2 aliphatic heterocycles. The van der Waals surface area contributed by atoms with Crippen molar-refractivity contribution in [3.8, 4) is 11.5 Å². The van der Waals surface area contributed by atoms with Gasteiger partial charge in [0.15, 0.2) is 5.79 Å². The Morgan fingerprint density at radius 1 is 1.12 bits per heavy atom. The normalized spacial score (nSPS) is 23.3. The van der Waals surface area contributed by atoms with Crippen LogP contribution in [0, 0.1) is 5.82 Å². The molecule has 7 nitrogen and oxygen atoms in total. The summed E-state index contributed by atoms with van der Waals surface area (Å²) in [5.41, 5.74) is 1.43. The average Bonchev–Trinajstić information content (AvgIpc) is 3.19. The highest BCUT2D eigenvalue weighted by Crippen LogP contribution is 2.36. The predicted molar refractivity (Wildman–Crippen MR) is 118 cm³/mol. The van der Waals surface area contributed by atoms with Gasteiger partial charge in [0.25, 0.3) is 0 Å². The zero-order valence-electron chi connectivity index (χ0n) is 18.7. The Balaban J connectivity index is 1.30. The maximum Gasteiger partial charge on any atom is 0.219 e. The van der Waals surface area contributed by atoms with Crippen molar-refractivity contribution < 1.29 is 28.1 Å². The molecule has 2 aromatic carbocycles. The first-order valence-corrected chi connectivity index (χ1v) is 10.8. The van der Waals surface area contributed by atoms with Crippen molar-refractivity contribution in [1.82, 2.24) is 4.90 Å². The number of amides is 1.